The largest absolute Gasteiger partial charge is 0.466 e. The highest BCUT2D eigenvalue weighted by Gasteiger charge is 2.28. The molecule has 1 unspecified atom stereocenters. The molecular formula is C14H25NO3. The molecule has 0 aromatic carbocycles. The monoisotopic (exact) mass is 255 g/mol. The quantitative estimate of drug-likeness (QED) is 0.603. The fourth-order valence-electron chi connectivity index (χ4n) is 2.26. The highest BCUT2D eigenvalue weighted by atomic mass is 16.5. The van der Waals surface area contributed by atoms with Gasteiger partial charge in [0.15, 0.2) is 0 Å². The van der Waals surface area contributed by atoms with Gasteiger partial charge < -0.3 is 14.8 Å². The molecule has 1 atom stereocenters. The Bertz CT molecular complexity index is 310. The summed E-state index contributed by atoms with van der Waals surface area (Å²) in [5.74, 6) is -0.230. The highest BCUT2D eigenvalue weighted by molar-refractivity contribution is 5.88. The van der Waals surface area contributed by atoms with Crippen LogP contribution in [0.4, 0.5) is 0 Å². The molecule has 18 heavy (non-hydrogen) atoms. The van der Waals surface area contributed by atoms with Crippen molar-refractivity contribution in [2.24, 2.45) is 0 Å². The summed E-state index contributed by atoms with van der Waals surface area (Å²) in [6.45, 7) is 7.69. The smallest absolute Gasteiger partial charge is 0.333 e. The zero-order chi connectivity index (χ0) is 13.6. The lowest BCUT2D eigenvalue weighted by Gasteiger charge is -2.35. The van der Waals surface area contributed by atoms with Crippen LogP contribution >= 0.6 is 0 Å². The van der Waals surface area contributed by atoms with E-state index < -0.39 is 0 Å². The molecule has 1 aliphatic heterocycles. The van der Waals surface area contributed by atoms with Gasteiger partial charge in [0.25, 0.3) is 0 Å². The predicted octanol–water partition coefficient (Wildman–Crippen LogP) is 2.04. The zero-order valence-electron chi connectivity index (χ0n) is 11.9. The third kappa shape index (κ3) is 4.78. The van der Waals surface area contributed by atoms with E-state index in [1.807, 2.05) is 13.0 Å². The predicted molar refractivity (Wildman–Crippen MR) is 71.4 cm³/mol. The number of carbonyl (C=O) groups is 1. The van der Waals surface area contributed by atoms with E-state index in [1.54, 1.807) is 0 Å². The van der Waals surface area contributed by atoms with Crippen LogP contribution in [0.5, 0.6) is 0 Å². The van der Waals surface area contributed by atoms with Gasteiger partial charge in [-0.3, -0.25) is 0 Å². The first-order valence-corrected chi connectivity index (χ1v) is 6.63. The summed E-state index contributed by atoms with van der Waals surface area (Å²) in [7, 11) is 1.42. The maximum Gasteiger partial charge on any atom is 0.333 e. The Balaban J connectivity index is 2.40. The number of ether oxygens (including phenoxy) is 2. The summed E-state index contributed by atoms with van der Waals surface area (Å²) < 4.78 is 10.4. The molecule has 1 aliphatic rings. The third-order valence-corrected chi connectivity index (χ3v) is 3.28. The van der Waals surface area contributed by atoms with Crippen LogP contribution < -0.4 is 5.32 Å². The van der Waals surface area contributed by atoms with Crippen LogP contribution in [-0.2, 0) is 14.3 Å². The van der Waals surface area contributed by atoms with Gasteiger partial charge in [-0.05, 0) is 33.1 Å². The molecular weight excluding hydrogens is 230 g/mol. The third-order valence-electron chi connectivity index (χ3n) is 3.28. The van der Waals surface area contributed by atoms with E-state index in [9.17, 15) is 4.79 Å². The maximum absolute atomic E-state index is 11.4. The Kier molecular flexibility index (Phi) is 5.82. The molecule has 0 amide bonds. The molecule has 104 valence electrons. The normalized spacial score (nSPS) is 23.8. The summed E-state index contributed by atoms with van der Waals surface area (Å²) in [6, 6.07) is 0.459. The van der Waals surface area contributed by atoms with Crippen molar-refractivity contribution in [1.82, 2.24) is 5.32 Å². The molecule has 1 fully saturated rings. The van der Waals surface area contributed by atoms with Gasteiger partial charge >= 0.3 is 5.97 Å². The number of hydrogen-bond acceptors (Lipinski definition) is 4. The molecule has 0 bridgehead atoms. The lowest BCUT2D eigenvalue weighted by Crippen LogP contribution is -2.43. The lowest BCUT2D eigenvalue weighted by atomic mass is 9.94. The molecule has 0 aromatic heterocycles. The minimum atomic E-state index is -0.230. The Hall–Kier alpha value is -0.870. The number of carbonyl (C=O) groups excluding carboxylic acids is 1. The van der Waals surface area contributed by atoms with Gasteiger partial charge in [-0.2, -0.15) is 0 Å². The fraction of sp³-hybridized carbons (Fsp3) is 0.786. The average molecular weight is 255 g/mol. The average Bonchev–Trinajstić information content (AvgIpc) is 2.32. The number of rotatable bonds is 5. The molecule has 4 nitrogen and oxygen atoms in total. The summed E-state index contributed by atoms with van der Waals surface area (Å²) >= 11 is 0. The van der Waals surface area contributed by atoms with Gasteiger partial charge in [0.05, 0.1) is 12.7 Å². The van der Waals surface area contributed by atoms with E-state index in [-0.39, 0.29) is 11.6 Å². The molecule has 1 rings (SSSR count). The standard InChI is InChI=1S/C14H25NO3/c1-5-11(13(16)17-4)6-8-15-12-7-9-18-14(2,3)10-12/h6,12,15H,5,7-10H2,1-4H3. The SMILES string of the molecule is CCC(=CCNC1CCOC(C)(C)C1)C(=O)OC. The van der Waals surface area contributed by atoms with Crippen molar-refractivity contribution in [3.8, 4) is 0 Å². The van der Waals surface area contributed by atoms with Crippen LogP contribution in [0.3, 0.4) is 0 Å². The van der Waals surface area contributed by atoms with E-state index >= 15 is 0 Å². The van der Waals surface area contributed by atoms with E-state index in [4.69, 9.17) is 9.47 Å². The van der Waals surface area contributed by atoms with Crippen LogP contribution in [0.15, 0.2) is 11.6 Å². The molecule has 1 saturated heterocycles. The second-order valence-electron chi connectivity index (χ2n) is 5.28. The molecule has 0 aromatic rings. The topological polar surface area (TPSA) is 47.6 Å². The van der Waals surface area contributed by atoms with Crippen LogP contribution in [0.1, 0.15) is 40.0 Å². The van der Waals surface area contributed by atoms with Crippen molar-refractivity contribution in [1.29, 1.82) is 0 Å². The molecule has 0 saturated carbocycles. The van der Waals surface area contributed by atoms with Crippen LogP contribution in [0.2, 0.25) is 0 Å². The van der Waals surface area contributed by atoms with E-state index in [0.29, 0.717) is 19.0 Å². The van der Waals surface area contributed by atoms with Gasteiger partial charge in [-0.15, -0.1) is 0 Å². The number of methoxy groups -OCH3 is 1. The second kappa shape index (κ2) is 6.90. The van der Waals surface area contributed by atoms with E-state index in [1.165, 1.54) is 7.11 Å². The van der Waals surface area contributed by atoms with Gasteiger partial charge in [0.1, 0.15) is 0 Å². The van der Waals surface area contributed by atoms with E-state index in [2.05, 4.69) is 19.2 Å². The van der Waals surface area contributed by atoms with Crippen molar-refractivity contribution in [3.05, 3.63) is 11.6 Å². The highest BCUT2D eigenvalue weighted by Crippen LogP contribution is 2.23. The first-order chi connectivity index (χ1) is 8.48. The molecule has 1 N–H and O–H groups in total. The molecule has 0 spiro atoms. The van der Waals surface area contributed by atoms with Crippen LogP contribution in [0.25, 0.3) is 0 Å². The number of hydrogen-bond donors (Lipinski definition) is 1. The van der Waals surface area contributed by atoms with Crippen molar-refractivity contribution in [2.45, 2.75) is 51.7 Å². The Morgan fingerprint density at radius 3 is 2.83 bits per heavy atom. The van der Waals surface area contributed by atoms with E-state index in [0.717, 1.165) is 25.0 Å². The van der Waals surface area contributed by atoms with Crippen LogP contribution in [-0.4, -0.2) is 37.9 Å². The molecule has 0 radical (unpaired) electrons. The minimum Gasteiger partial charge on any atom is -0.466 e. The first-order valence-electron chi connectivity index (χ1n) is 6.63. The minimum absolute atomic E-state index is 0.0461. The van der Waals surface area contributed by atoms with Crippen LogP contribution in [0, 0.1) is 0 Å². The van der Waals surface area contributed by atoms with Crippen molar-refractivity contribution < 1.29 is 14.3 Å². The Morgan fingerprint density at radius 1 is 1.56 bits per heavy atom. The molecule has 4 heteroatoms. The Morgan fingerprint density at radius 2 is 2.28 bits per heavy atom. The van der Waals surface area contributed by atoms with Gasteiger partial charge in [-0.25, -0.2) is 4.79 Å². The lowest BCUT2D eigenvalue weighted by molar-refractivity contribution is -0.136. The maximum atomic E-state index is 11.4. The first kappa shape index (κ1) is 15.2. The summed E-state index contributed by atoms with van der Waals surface area (Å²) in [4.78, 5) is 11.4. The second-order valence-corrected chi connectivity index (χ2v) is 5.28. The summed E-state index contributed by atoms with van der Waals surface area (Å²) in [5, 5.41) is 3.46. The van der Waals surface area contributed by atoms with Crippen molar-refractivity contribution in [2.75, 3.05) is 20.3 Å². The van der Waals surface area contributed by atoms with Gasteiger partial charge in [-0.1, -0.05) is 13.0 Å². The van der Waals surface area contributed by atoms with Crippen molar-refractivity contribution in [3.63, 3.8) is 0 Å². The Labute approximate surface area is 110 Å². The summed E-state index contributed by atoms with van der Waals surface area (Å²) in [6.07, 6.45) is 4.65. The fourth-order valence-corrected chi connectivity index (χ4v) is 2.26. The number of nitrogens with one attached hydrogen (secondary N) is 1. The summed E-state index contributed by atoms with van der Waals surface area (Å²) in [5.41, 5.74) is 0.687. The van der Waals surface area contributed by atoms with Gasteiger partial charge in [0.2, 0.25) is 0 Å². The zero-order valence-corrected chi connectivity index (χ0v) is 11.9. The van der Waals surface area contributed by atoms with Gasteiger partial charge in [0, 0.05) is 24.8 Å². The number of esters is 1. The molecule has 1 heterocycles. The van der Waals surface area contributed by atoms with Crippen molar-refractivity contribution >= 4 is 5.97 Å². The molecule has 0 aliphatic carbocycles.